The summed E-state index contributed by atoms with van der Waals surface area (Å²) in [5, 5.41) is 5.83. The average molecular weight is 357 g/mol. The summed E-state index contributed by atoms with van der Waals surface area (Å²) in [7, 11) is 0. The number of carbonyl (C=O) groups excluding carboxylic acids is 1. The highest BCUT2D eigenvalue weighted by molar-refractivity contribution is 7.80. The van der Waals surface area contributed by atoms with Crippen molar-refractivity contribution in [1.29, 1.82) is 0 Å². The predicted molar refractivity (Wildman–Crippen MR) is 102 cm³/mol. The van der Waals surface area contributed by atoms with Crippen LogP contribution in [-0.2, 0) is 9.53 Å². The number of thiocarbonyl (C=S) groups is 1. The minimum atomic E-state index is -0.321. The van der Waals surface area contributed by atoms with Gasteiger partial charge in [0.2, 0.25) is 5.91 Å². The Bertz CT molecular complexity index is 735. The van der Waals surface area contributed by atoms with E-state index < -0.39 is 0 Å². The van der Waals surface area contributed by atoms with E-state index in [1.54, 1.807) is 24.5 Å². The average Bonchev–Trinajstić information content (AvgIpc) is 3.15. The first-order chi connectivity index (χ1) is 12.2. The quantitative estimate of drug-likeness (QED) is 0.648. The summed E-state index contributed by atoms with van der Waals surface area (Å²) in [6.07, 6.45) is 4.49. The second-order valence-electron chi connectivity index (χ2n) is 5.44. The molecule has 2 aromatic rings. The minimum Gasteiger partial charge on any atom is -0.465 e. The molecule has 0 bridgehead atoms. The number of furan rings is 1. The van der Waals surface area contributed by atoms with Gasteiger partial charge in [-0.05, 0) is 54.7 Å². The molecule has 6 nitrogen and oxygen atoms in total. The van der Waals surface area contributed by atoms with Gasteiger partial charge in [0.1, 0.15) is 5.76 Å². The molecule has 1 aromatic heterocycles. The number of rotatable bonds is 4. The third-order valence-corrected chi connectivity index (χ3v) is 3.88. The first kappa shape index (κ1) is 17.2. The number of carbonyl (C=O) groups is 1. The lowest BCUT2D eigenvalue weighted by molar-refractivity contribution is -0.115. The summed E-state index contributed by atoms with van der Waals surface area (Å²) in [5.41, 5.74) is 1.96. The number of benzene rings is 1. The van der Waals surface area contributed by atoms with Crippen molar-refractivity contribution < 1.29 is 13.9 Å². The van der Waals surface area contributed by atoms with Crippen molar-refractivity contribution in [1.82, 2.24) is 5.32 Å². The van der Waals surface area contributed by atoms with Gasteiger partial charge in [-0.15, -0.1) is 0 Å². The number of nitrogens with zero attached hydrogens (tertiary/aromatic N) is 1. The molecule has 130 valence electrons. The SMILES string of the molecule is O=C(C=Cc1ccco1)NC(=S)Nc1ccc(N2CCOCC2)cc1. The van der Waals surface area contributed by atoms with Crippen LogP contribution in [0.5, 0.6) is 0 Å². The Labute approximate surface area is 151 Å². The number of morpholine rings is 1. The molecular weight excluding hydrogens is 338 g/mol. The van der Waals surface area contributed by atoms with Crippen molar-refractivity contribution in [3.8, 4) is 0 Å². The fourth-order valence-corrected chi connectivity index (χ4v) is 2.66. The number of anilines is 2. The molecule has 1 aromatic carbocycles. The first-order valence-corrected chi connectivity index (χ1v) is 8.38. The lowest BCUT2D eigenvalue weighted by atomic mass is 10.2. The van der Waals surface area contributed by atoms with Gasteiger partial charge in [0.05, 0.1) is 19.5 Å². The standard InChI is InChI=1S/C18H19N3O3S/c22-17(8-7-16-2-1-11-24-16)20-18(25)19-14-3-5-15(6-4-14)21-9-12-23-13-10-21/h1-8,11H,9-10,12-13H2,(H2,19,20,22,25). The highest BCUT2D eigenvalue weighted by atomic mass is 32.1. The molecule has 2 heterocycles. The van der Waals surface area contributed by atoms with Crippen LogP contribution in [0.4, 0.5) is 11.4 Å². The van der Waals surface area contributed by atoms with Crippen molar-refractivity contribution in [3.05, 3.63) is 54.5 Å². The Hall–Kier alpha value is -2.64. The van der Waals surface area contributed by atoms with Gasteiger partial charge in [-0.1, -0.05) is 0 Å². The van der Waals surface area contributed by atoms with Crippen LogP contribution in [-0.4, -0.2) is 37.3 Å². The van der Waals surface area contributed by atoms with Crippen molar-refractivity contribution in [3.63, 3.8) is 0 Å². The molecule has 1 aliphatic heterocycles. The van der Waals surface area contributed by atoms with Crippen molar-refractivity contribution in [2.75, 3.05) is 36.5 Å². The highest BCUT2D eigenvalue weighted by Crippen LogP contribution is 2.18. The normalized spacial score (nSPS) is 14.5. The number of hydrogen-bond acceptors (Lipinski definition) is 5. The van der Waals surface area contributed by atoms with Gasteiger partial charge in [0.25, 0.3) is 0 Å². The number of hydrogen-bond donors (Lipinski definition) is 2. The van der Waals surface area contributed by atoms with E-state index in [0.717, 1.165) is 37.7 Å². The third-order valence-electron chi connectivity index (χ3n) is 3.68. The molecule has 1 aliphatic rings. The number of ether oxygens (including phenoxy) is 1. The second-order valence-corrected chi connectivity index (χ2v) is 5.85. The van der Waals surface area contributed by atoms with Crippen LogP contribution < -0.4 is 15.5 Å². The summed E-state index contributed by atoms with van der Waals surface area (Å²) in [4.78, 5) is 14.1. The predicted octanol–water partition coefficient (Wildman–Crippen LogP) is 2.64. The van der Waals surface area contributed by atoms with Crippen LogP contribution in [0.2, 0.25) is 0 Å². The van der Waals surface area contributed by atoms with Gasteiger partial charge < -0.3 is 19.4 Å². The van der Waals surface area contributed by atoms with Gasteiger partial charge in [0, 0.05) is 30.5 Å². The number of amides is 1. The number of nitrogens with one attached hydrogen (secondary N) is 2. The molecule has 0 aliphatic carbocycles. The van der Waals surface area contributed by atoms with Crippen molar-refractivity contribution in [2.24, 2.45) is 0 Å². The summed E-state index contributed by atoms with van der Waals surface area (Å²) in [5.74, 6) is 0.284. The van der Waals surface area contributed by atoms with E-state index in [2.05, 4.69) is 15.5 Å². The molecule has 3 rings (SSSR count). The smallest absolute Gasteiger partial charge is 0.250 e. The van der Waals surface area contributed by atoms with Gasteiger partial charge in [-0.25, -0.2) is 0 Å². The molecule has 0 spiro atoms. The summed E-state index contributed by atoms with van der Waals surface area (Å²) >= 11 is 5.16. The van der Waals surface area contributed by atoms with E-state index in [1.807, 2.05) is 24.3 Å². The fourth-order valence-electron chi connectivity index (χ4n) is 2.44. The summed E-state index contributed by atoms with van der Waals surface area (Å²) in [6.45, 7) is 3.29. The van der Waals surface area contributed by atoms with E-state index in [-0.39, 0.29) is 11.0 Å². The van der Waals surface area contributed by atoms with Crippen LogP contribution in [0.25, 0.3) is 6.08 Å². The Morgan fingerprint density at radius 3 is 2.60 bits per heavy atom. The topological polar surface area (TPSA) is 66.7 Å². The molecule has 0 saturated carbocycles. The summed E-state index contributed by atoms with van der Waals surface area (Å²) in [6, 6.07) is 11.4. The molecule has 7 heteroatoms. The third kappa shape index (κ3) is 5.17. The summed E-state index contributed by atoms with van der Waals surface area (Å²) < 4.78 is 10.5. The van der Waals surface area contributed by atoms with E-state index in [1.165, 1.54) is 6.08 Å². The van der Waals surface area contributed by atoms with Gasteiger partial charge >= 0.3 is 0 Å². The molecular formula is C18H19N3O3S. The molecule has 0 unspecified atom stereocenters. The maximum absolute atomic E-state index is 11.8. The molecule has 1 fully saturated rings. The molecule has 1 saturated heterocycles. The zero-order valence-corrected chi connectivity index (χ0v) is 14.4. The van der Waals surface area contributed by atoms with Gasteiger partial charge in [-0.3, -0.25) is 10.1 Å². The highest BCUT2D eigenvalue weighted by Gasteiger charge is 2.11. The zero-order valence-electron chi connectivity index (χ0n) is 13.6. The Balaban J connectivity index is 1.49. The molecule has 2 N–H and O–H groups in total. The monoisotopic (exact) mass is 357 g/mol. The zero-order chi connectivity index (χ0) is 17.5. The molecule has 0 atom stereocenters. The van der Waals surface area contributed by atoms with Crippen LogP contribution in [0.15, 0.2) is 53.2 Å². The lowest BCUT2D eigenvalue weighted by Crippen LogP contribution is -2.36. The van der Waals surface area contributed by atoms with Gasteiger partial charge in [-0.2, -0.15) is 0 Å². The van der Waals surface area contributed by atoms with Crippen LogP contribution >= 0.6 is 12.2 Å². The van der Waals surface area contributed by atoms with Crippen molar-refractivity contribution >= 4 is 40.7 Å². The van der Waals surface area contributed by atoms with Crippen molar-refractivity contribution in [2.45, 2.75) is 0 Å². The van der Waals surface area contributed by atoms with Crippen LogP contribution in [0, 0.1) is 0 Å². The molecule has 0 radical (unpaired) electrons. The van der Waals surface area contributed by atoms with E-state index >= 15 is 0 Å². The van der Waals surface area contributed by atoms with E-state index in [4.69, 9.17) is 21.4 Å². The van der Waals surface area contributed by atoms with E-state index in [9.17, 15) is 4.79 Å². The Kier molecular flexibility index (Phi) is 5.81. The largest absolute Gasteiger partial charge is 0.465 e. The second kappa shape index (κ2) is 8.46. The fraction of sp³-hybridized carbons (Fsp3) is 0.222. The lowest BCUT2D eigenvalue weighted by Gasteiger charge is -2.28. The maximum atomic E-state index is 11.8. The first-order valence-electron chi connectivity index (χ1n) is 7.97. The van der Waals surface area contributed by atoms with Crippen LogP contribution in [0.1, 0.15) is 5.76 Å². The minimum absolute atomic E-state index is 0.244. The molecule has 1 amide bonds. The maximum Gasteiger partial charge on any atom is 0.250 e. The van der Waals surface area contributed by atoms with E-state index in [0.29, 0.717) is 5.76 Å². The Morgan fingerprint density at radius 1 is 1.16 bits per heavy atom. The molecule has 25 heavy (non-hydrogen) atoms. The Morgan fingerprint density at radius 2 is 1.92 bits per heavy atom. The van der Waals surface area contributed by atoms with Crippen LogP contribution in [0.3, 0.4) is 0 Å². The van der Waals surface area contributed by atoms with Gasteiger partial charge in [0.15, 0.2) is 5.11 Å².